The lowest BCUT2D eigenvalue weighted by Crippen LogP contribution is -1.99. The van der Waals surface area contributed by atoms with Crippen molar-refractivity contribution in [2.45, 2.75) is 19.3 Å². The average molecular weight is 403 g/mol. The number of rotatable bonds is 7. The van der Waals surface area contributed by atoms with E-state index in [9.17, 15) is 0 Å². The Balaban J connectivity index is 2.17. The van der Waals surface area contributed by atoms with Crippen molar-refractivity contribution in [3.8, 4) is 22.8 Å². The summed E-state index contributed by atoms with van der Waals surface area (Å²) in [6, 6.07) is 12.2. The van der Waals surface area contributed by atoms with Gasteiger partial charge in [-0.25, -0.2) is 0 Å². The molecule has 0 bridgehead atoms. The molecule has 3 N–H and O–H groups in total. The number of nitrogens with two attached hydrogens (primary N) is 1. The molecule has 0 unspecified atom stereocenters. The van der Waals surface area contributed by atoms with Gasteiger partial charge in [-0.1, -0.05) is 12.1 Å². The molecule has 0 amide bonds. The first-order chi connectivity index (χ1) is 12.2. The molecule has 0 spiro atoms. The lowest BCUT2D eigenvalue weighted by Gasteiger charge is -2.11. The second-order valence-electron chi connectivity index (χ2n) is 5.95. The van der Waals surface area contributed by atoms with Crippen LogP contribution in [0.15, 0.2) is 40.9 Å². The number of ether oxygens (including phenoxy) is 2. The minimum atomic E-state index is 0.716. The van der Waals surface area contributed by atoms with Gasteiger partial charge in [0.15, 0.2) is 0 Å². The molecule has 0 aliphatic carbocycles. The van der Waals surface area contributed by atoms with Gasteiger partial charge in [0.05, 0.1) is 25.4 Å². The summed E-state index contributed by atoms with van der Waals surface area (Å²) < 4.78 is 12.0. The molecule has 5 heteroatoms. The molecular weight excluding hydrogens is 380 g/mol. The molecule has 1 aromatic heterocycles. The Bertz CT molecular complexity index is 874. The number of aromatic amines is 1. The normalized spacial score (nSPS) is 11.0. The summed E-state index contributed by atoms with van der Waals surface area (Å²) in [6.07, 6.45) is 3.04. The summed E-state index contributed by atoms with van der Waals surface area (Å²) in [5, 5.41) is 1.24. The Morgan fingerprint density at radius 3 is 2.64 bits per heavy atom. The second kappa shape index (κ2) is 7.93. The van der Waals surface area contributed by atoms with E-state index in [-0.39, 0.29) is 0 Å². The van der Waals surface area contributed by atoms with Gasteiger partial charge in [-0.15, -0.1) is 0 Å². The molecule has 2 aromatic carbocycles. The summed E-state index contributed by atoms with van der Waals surface area (Å²) in [6.45, 7) is 0.716. The lowest BCUT2D eigenvalue weighted by molar-refractivity contribution is 0.395. The number of fused-ring (bicyclic) bond motifs is 1. The summed E-state index contributed by atoms with van der Waals surface area (Å²) in [4.78, 5) is 3.59. The first-order valence-corrected chi connectivity index (χ1v) is 9.20. The first kappa shape index (κ1) is 17.8. The maximum absolute atomic E-state index is 5.68. The third-order valence-electron chi connectivity index (χ3n) is 4.45. The minimum Gasteiger partial charge on any atom is -0.497 e. The fraction of sp³-hybridized carbons (Fsp3) is 0.300. The van der Waals surface area contributed by atoms with Crippen LogP contribution in [0.3, 0.4) is 0 Å². The molecule has 0 saturated carbocycles. The number of para-hydroxylation sites is 1. The number of hydrogen-bond acceptors (Lipinski definition) is 3. The Morgan fingerprint density at radius 2 is 1.92 bits per heavy atom. The predicted octanol–water partition coefficient (Wildman–Crippen LogP) is 4.90. The number of methoxy groups -OCH3 is 2. The zero-order valence-electron chi connectivity index (χ0n) is 14.6. The summed E-state index contributed by atoms with van der Waals surface area (Å²) in [5.74, 6) is 1.57. The molecule has 25 heavy (non-hydrogen) atoms. The van der Waals surface area contributed by atoms with Crippen LogP contribution in [0.4, 0.5) is 0 Å². The van der Waals surface area contributed by atoms with Gasteiger partial charge in [0.1, 0.15) is 11.5 Å². The molecule has 0 atom stereocenters. The molecule has 0 aliphatic rings. The second-order valence-corrected chi connectivity index (χ2v) is 6.81. The van der Waals surface area contributed by atoms with E-state index < -0.39 is 0 Å². The highest BCUT2D eigenvalue weighted by atomic mass is 79.9. The highest BCUT2D eigenvalue weighted by Gasteiger charge is 2.18. The molecule has 0 fully saturated rings. The molecule has 0 saturated heterocycles. The van der Waals surface area contributed by atoms with Gasteiger partial charge < -0.3 is 20.2 Å². The van der Waals surface area contributed by atoms with Crippen molar-refractivity contribution in [1.82, 2.24) is 4.98 Å². The summed E-state index contributed by atoms with van der Waals surface area (Å²) in [5.41, 5.74) is 10.2. The smallest absolute Gasteiger partial charge is 0.131 e. The van der Waals surface area contributed by atoms with Crippen molar-refractivity contribution in [2.24, 2.45) is 5.73 Å². The van der Waals surface area contributed by atoms with E-state index in [2.05, 4.69) is 39.1 Å². The average Bonchev–Trinajstić information content (AvgIpc) is 3.01. The zero-order chi connectivity index (χ0) is 17.8. The molecule has 0 aliphatic heterocycles. The van der Waals surface area contributed by atoms with Gasteiger partial charge in [0.2, 0.25) is 0 Å². The first-order valence-electron chi connectivity index (χ1n) is 8.41. The number of benzene rings is 2. The van der Waals surface area contributed by atoms with Gasteiger partial charge >= 0.3 is 0 Å². The number of halogens is 1. The number of H-pyrrole nitrogens is 1. The molecule has 0 radical (unpaired) electrons. The van der Waals surface area contributed by atoms with Crippen LogP contribution >= 0.6 is 15.9 Å². The van der Waals surface area contributed by atoms with Crippen LogP contribution in [0.1, 0.15) is 18.4 Å². The van der Waals surface area contributed by atoms with Crippen molar-refractivity contribution >= 4 is 26.8 Å². The number of unbranched alkanes of at least 4 members (excludes halogenated alkanes) is 1. The molecule has 3 aromatic rings. The molecular formula is C20H23BrN2O2. The Morgan fingerprint density at radius 1 is 1.08 bits per heavy atom. The minimum absolute atomic E-state index is 0.716. The molecule has 1 heterocycles. The number of hydrogen-bond donors (Lipinski definition) is 2. The Hall–Kier alpha value is -1.98. The van der Waals surface area contributed by atoms with Gasteiger partial charge in [-0.2, -0.15) is 0 Å². The van der Waals surface area contributed by atoms with Crippen molar-refractivity contribution in [2.75, 3.05) is 20.8 Å². The predicted molar refractivity (Wildman–Crippen MR) is 107 cm³/mol. The van der Waals surface area contributed by atoms with E-state index in [1.165, 1.54) is 10.9 Å². The van der Waals surface area contributed by atoms with Crippen LogP contribution in [-0.2, 0) is 6.42 Å². The van der Waals surface area contributed by atoms with E-state index >= 15 is 0 Å². The number of aryl methyl sites for hydroxylation is 1. The highest BCUT2D eigenvalue weighted by Crippen LogP contribution is 2.39. The van der Waals surface area contributed by atoms with Crippen molar-refractivity contribution in [1.29, 1.82) is 0 Å². The van der Waals surface area contributed by atoms with Gasteiger partial charge in [-0.3, -0.25) is 0 Å². The Labute approximate surface area is 156 Å². The van der Waals surface area contributed by atoms with Crippen LogP contribution in [0.5, 0.6) is 11.5 Å². The van der Waals surface area contributed by atoms with Crippen LogP contribution in [0.25, 0.3) is 22.2 Å². The maximum Gasteiger partial charge on any atom is 0.131 e. The van der Waals surface area contributed by atoms with Crippen LogP contribution in [0, 0.1) is 0 Å². The van der Waals surface area contributed by atoms with E-state index in [0.717, 1.165) is 52.0 Å². The van der Waals surface area contributed by atoms with E-state index in [1.807, 2.05) is 18.2 Å². The molecule has 132 valence electrons. The van der Waals surface area contributed by atoms with Crippen LogP contribution in [0.2, 0.25) is 0 Å². The summed E-state index contributed by atoms with van der Waals surface area (Å²) >= 11 is 3.65. The Kier molecular flexibility index (Phi) is 5.66. The van der Waals surface area contributed by atoms with Crippen LogP contribution in [-0.4, -0.2) is 25.7 Å². The van der Waals surface area contributed by atoms with Gasteiger partial charge in [0.25, 0.3) is 0 Å². The standard InChI is InChI=1S/C20H23BrN2O2/c1-24-13-9-10-16(18(12-13)25-2)19-14(6-3-4-11-22)15-7-5-8-17(21)20(15)23-19/h5,7-10,12,23H,3-4,6,11,22H2,1-2H3. The van der Waals surface area contributed by atoms with E-state index in [0.29, 0.717) is 6.54 Å². The molecule has 4 nitrogen and oxygen atoms in total. The van der Waals surface area contributed by atoms with Crippen molar-refractivity contribution in [3.05, 3.63) is 46.4 Å². The number of nitrogens with one attached hydrogen (secondary N) is 1. The largest absolute Gasteiger partial charge is 0.497 e. The third-order valence-corrected chi connectivity index (χ3v) is 5.11. The number of aromatic nitrogens is 1. The van der Waals surface area contributed by atoms with E-state index in [1.54, 1.807) is 14.2 Å². The molecule has 3 rings (SSSR count). The van der Waals surface area contributed by atoms with Crippen LogP contribution < -0.4 is 15.2 Å². The van der Waals surface area contributed by atoms with Gasteiger partial charge in [-0.05, 0) is 65.5 Å². The SMILES string of the molecule is COc1ccc(-c2[nH]c3c(Br)cccc3c2CCCCN)c(OC)c1. The lowest BCUT2D eigenvalue weighted by atomic mass is 9.99. The quantitative estimate of drug-likeness (QED) is 0.552. The zero-order valence-corrected chi connectivity index (χ0v) is 16.2. The summed E-state index contributed by atoms with van der Waals surface area (Å²) in [7, 11) is 3.34. The monoisotopic (exact) mass is 402 g/mol. The van der Waals surface area contributed by atoms with Crippen molar-refractivity contribution < 1.29 is 9.47 Å². The topological polar surface area (TPSA) is 60.3 Å². The van der Waals surface area contributed by atoms with Crippen molar-refractivity contribution in [3.63, 3.8) is 0 Å². The third kappa shape index (κ3) is 3.53. The highest BCUT2D eigenvalue weighted by molar-refractivity contribution is 9.10. The van der Waals surface area contributed by atoms with Gasteiger partial charge in [0, 0.05) is 21.5 Å². The fourth-order valence-electron chi connectivity index (χ4n) is 3.18. The van der Waals surface area contributed by atoms with E-state index in [4.69, 9.17) is 15.2 Å². The maximum atomic E-state index is 5.68. The fourth-order valence-corrected chi connectivity index (χ4v) is 3.64.